The quantitative estimate of drug-likeness (QED) is 0.754. The van der Waals surface area contributed by atoms with Crippen LogP contribution in [0.2, 0.25) is 0 Å². The Morgan fingerprint density at radius 2 is 1.88 bits per heavy atom. The Balaban J connectivity index is 2.33. The number of hydrogen-bond acceptors (Lipinski definition) is 2. The van der Waals surface area contributed by atoms with Gasteiger partial charge in [0.1, 0.15) is 0 Å². The predicted molar refractivity (Wildman–Crippen MR) is 76.2 cm³/mol. The molecule has 0 spiro atoms. The highest BCUT2D eigenvalue weighted by molar-refractivity contribution is 7.98. The van der Waals surface area contributed by atoms with Crippen LogP contribution in [-0.4, -0.2) is 12.3 Å². The zero-order valence-corrected chi connectivity index (χ0v) is 11.4. The fourth-order valence-corrected chi connectivity index (χ4v) is 2.08. The fourth-order valence-electron chi connectivity index (χ4n) is 1.44. The Morgan fingerprint density at radius 1 is 1.19 bits per heavy atom. The molecule has 0 aromatic heterocycles. The van der Waals surface area contributed by atoms with Crippen LogP contribution in [0.3, 0.4) is 0 Å². The van der Waals surface area contributed by atoms with Crippen LogP contribution in [0, 0.1) is 5.92 Å². The summed E-state index contributed by atoms with van der Waals surface area (Å²) < 4.78 is 0. The summed E-state index contributed by atoms with van der Waals surface area (Å²) in [5.41, 5.74) is 2.66. The Bertz CT molecular complexity index is 279. The highest BCUT2D eigenvalue weighted by Crippen LogP contribution is 2.15. The van der Waals surface area contributed by atoms with Gasteiger partial charge in [0.05, 0.1) is 0 Å². The average molecular weight is 237 g/mol. The van der Waals surface area contributed by atoms with Gasteiger partial charge in [-0.25, -0.2) is 0 Å². The zero-order valence-electron chi connectivity index (χ0n) is 10.6. The number of benzene rings is 1. The van der Waals surface area contributed by atoms with Gasteiger partial charge in [0.15, 0.2) is 0 Å². The van der Waals surface area contributed by atoms with Crippen LogP contribution in [0.4, 0.5) is 5.69 Å². The first kappa shape index (κ1) is 13.4. The van der Waals surface area contributed by atoms with Gasteiger partial charge in [0, 0.05) is 18.0 Å². The third-order valence-electron chi connectivity index (χ3n) is 2.48. The molecule has 0 unspecified atom stereocenters. The third-order valence-corrected chi connectivity index (χ3v) is 3.42. The number of hydrogen-bond donors (Lipinski definition) is 1. The lowest BCUT2D eigenvalue weighted by molar-refractivity contribution is 0.607. The Hall–Kier alpha value is -0.630. The Labute approximate surface area is 104 Å². The molecule has 0 aliphatic carbocycles. The van der Waals surface area contributed by atoms with Crippen molar-refractivity contribution in [1.82, 2.24) is 0 Å². The maximum atomic E-state index is 3.45. The maximum absolute atomic E-state index is 3.45. The first-order valence-electron chi connectivity index (χ1n) is 6.13. The molecule has 1 aromatic rings. The Morgan fingerprint density at radius 3 is 2.44 bits per heavy atom. The summed E-state index contributed by atoms with van der Waals surface area (Å²) in [6.45, 7) is 7.78. The normalized spacial score (nSPS) is 10.8. The molecular formula is C14H23NS. The number of nitrogens with one attached hydrogen (secondary N) is 1. The first-order chi connectivity index (χ1) is 7.72. The number of rotatable bonds is 7. The molecule has 0 aliphatic rings. The van der Waals surface area contributed by atoms with Crippen LogP contribution in [-0.2, 0) is 5.75 Å². The average Bonchev–Trinajstić information content (AvgIpc) is 2.27. The highest BCUT2D eigenvalue weighted by Gasteiger charge is 1.96. The SMILES string of the molecule is CCSCc1ccc(NCCC(C)C)cc1. The molecule has 0 fully saturated rings. The minimum Gasteiger partial charge on any atom is -0.385 e. The molecule has 1 aromatic carbocycles. The molecule has 0 aliphatic heterocycles. The van der Waals surface area contributed by atoms with Crippen molar-refractivity contribution in [2.45, 2.75) is 32.9 Å². The number of anilines is 1. The fraction of sp³-hybridized carbons (Fsp3) is 0.571. The summed E-state index contributed by atoms with van der Waals surface area (Å²) in [7, 11) is 0. The van der Waals surface area contributed by atoms with E-state index in [1.807, 2.05) is 11.8 Å². The lowest BCUT2D eigenvalue weighted by Gasteiger charge is -2.09. The van der Waals surface area contributed by atoms with E-state index in [9.17, 15) is 0 Å². The molecule has 1 rings (SSSR count). The van der Waals surface area contributed by atoms with Crippen LogP contribution < -0.4 is 5.32 Å². The second-order valence-electron chi connectivity index (χ2n) is 4.44. The maximum Gasteiger partial charge on any atom is 0.0340 e. The predicted octanol–water partition coefficient (Wildman–Crippen LogP) is 4.40. The molecule has 0 heterocycles. The molecule has 90 valence electrons. The van der Waals surface area contributed by atoms with Crippen LogP contribution >= 0.6 is 11.8 Å². The summed E-state index contributed by atoms with van der Waals surface area (Å²) in [4.78, 5) is 0. The molecule has 0 radical (unpaired) electrons. The molecule has 0 saturated carbocycles. The molecule has 16 heavy (non-hydrogen) atoms. The summed E-state index contributed by atoms with van der Waals surface area (Å²) in [6, 6.07) is 8.82. The van der Waals surface area contributed by atoms with Gasteiger partial charge in [0.25, 0.3) is 0 Å². The van der Waals surface area contributed by atoms with Crippen molar-refractivity contribution in [2.24, 2.45) is 5.92 Å². The van der Waals surface area contributed by atoms with Crippen LogP contribution in [0.1, 0.15) is 32.8 Å². The lowest BCUT2D eigenvalue weighted by atomic mass is 10.1. The summed E-state index contributed by atoms with van der Waals surface area (Å²) >= 11 is 1.97. The van der Waals surface area contributed by atoms with E-state index < -0.39 is 0 Å². The topological polar surface area (TPSA) is 12.0 Å². The molecule has 2 heteroatoms. The molecule has 1 nitrogen and oxygen atoms in total. The van der Waals surface area contributed by atoms with Gasteiger partial charge in [-0.1, -0.05) is 32.9 Å². The first-order valence-corrected chi connectivity index (χ1v) is 7.28. The van der Waals surface area contributed by atoms with Crippen molar-refractivity contribution in [1.29, 1.82) is 0 Å². The number of thioether (sulfide) groups is 1. The van der Waals surface area contributed by atoms with Gasteiger partial charge in [0.2, 0.25) is 0 Å². The van der Waals surface area contributed by atoms with E-state index in [2.05, 4.69) is 50.4 Å². The van der Waals surface area contributed by atoms with Gasteiger partial charge in [-0.15, -0.1) is 0 Å². The largest absolute Gasteiger partial charge is 0.385 e. The standard InChI is InChI=1S/C14H23NS/c1-4-16-11-13-5-7-14(8-6-13)15-10-9-12(2)3/h5-8,12,15H,4,9-11H2,1-3H3. The molecule has 1 N–H and O–H groups in total. The van der Waals surface area contributed by atoms with Gasteiger partial charge < -0.3 is 5.32 Å². The van der Waals surface area contributed by atoms with Crippen molar-refractivity contribution in [3.05, 3.63) is 29.8 Å². The van der Waals surface area contributed by atoms with Crippen LogP contribution in [0.5, 0.6) is 0 Å². The molecule has 0 bridgehead atoms. The van der Waals surface area contributed by atoms with Crippen molar-refractivity contribution >= 4 is 17.4 Å². The summed E-state index contributed by atoms with van der Waals surface area (Å²) in [5, 5.41) is 3.45. The van der Waals surface area contributed by atoms with Gasteiger partial charge in [-0.2, -0.15) is 11.8 Å². The van der Waals surface area contributed by atoms with Crippen molar-refractivity contribution in [3.8, 4) is 0 Å². The van der Waals surface area contributed by atoms with Crippen LogP contribution in [0.25, 0.3) is 0 Å². The lowest BCUT2D eigenvalue weighted by Crippen LogP contribution is -2.04. The van der Waals surface area contributed by atoms with E-state index >= 15 is 0 Å². The van der Waals surface area contributed by atoms with Crippen molar-refractivity contribution in [3.63, 3.8) is 0 Å². The minimum atomic E-state index is 0.771. The van der Waals surface area contributed by atoms with E-state index in [4.69, 9.17) is 0 Å². The van der Waals surface area contributed by atoms with Gasteiger partial charge in [-0.3, -0.25) is 0 Å². The van der Waals surface area contributed by atoms with E-state index in [0.29, 0.717) is 0 Å². The van der Waals surface area contributed by atoms with E-state index in [1.165, 1.54) is 23.4 Å². The minimum absolute atomic E-state index is 0.771. The van der Waals surface area contributed by atoms with Crippen molar-refractivity contribution in [2.75, 3.05) is 17.6 Å². The van der Waals surface area contributed by atoms with Crippen LogP contribution in [0.15, 0.2) is 24.3 Å². The second-order valence-corrected chi connectivity index (χ2v) is 5.72. The van der Waals surface area contributed by atoms with E-state index in [-0.39, 0.29) is 0 Å². The third kappa shape index (κ3) is 5.45. The Kier molecular flexibility index (Phi) is 6.39. The molecule has 0 amide bonds. The molecular weight excluding hydrogens is 214 g/mol. The second kappa shape index (κ2) is 7.61. The molecule has 0 atom stereocenters. The zero-order chi connectivity index (χ0) is 11.8. The smallest absolute Gasteiger partial charge is 0.0340 e. The van der Waals surface area contributed by atoms with Gasteiger partial charge in [-0.05, 0) is 35.8 Å². The monoisotopic (exact) mass is 237 g/mol. The summed E-state index contributed by atoms with van der Waals surface area (Å²) in [6.07, 6.45) is 1.23. The van der Waals surface area contributed by atoms with Crippen molar-refractivity contribution < 1.29 is 0 Å². The van der Waals surface area contributed by atoms with Gasteiger partial charge >= 0.3 is 0 Å². The van der Waals surface area contributed by atoms with E-state index in [1.54, 1.807) is 0 Å². The van der Waals surface area contributed by atoms with E-state index in [0.717, 1.165) is 18.2 Å². The summed E-state index contributed by atoms with van der Waals surface area (Å²) in [5.74, 6) is 3.09. The molecule has 0 saturated heterocycles. The highest BCUT2D eigenvalue weighted by atomic mass is 32.2.